The van der Waals surface area contributed by atoms with Crippen LogP contribution in [0.4, 0.5) is 36.4 Å². The van der Waals surface area contributed by atoms with E-state index in [4.69, 9.17) is 11.6 Å². The summed E-state index contributed by atoms with van der Waals surface area (Å²) in [6.07, 6.45) is -4.15. The zero-order valence-corrected chi connectivity index (χ0v) is 20.2. The van der Waals surface area contributed by atoms with E-state index in [0.717, 1.165) is 12.1 Å². The molecule has 11 nitrogen and oxygen atoms in total. The molecule has 0 radical (unpaired) electrons. The molecule has 0 spiro atoms. The zero-order chi connectivity index (χ0) is 26.5. The first-order chi connectivity index (χ1) is 16.8. The van der Waals surface area contributed by atoms with Crippen LogP contribution in [0.25, 0.3) is 0 Å². The second-order valence-electron chi connectivity index (χ2n) is 7.42. The molecule has 3 rings (SSSR count). The molecule has 0 saturated heterocycles. The van der Waals surface area contributed by atoms with Gasteiger partial charge in [-0.25, -0.2) is 23.2 Å². The number of alkyl halides is 3. The highest BCUT2D eigenvalue weighted by atomic mass is 35.5. The van der Waals surface area contributed by atoms with E-state index in [1.165, 1.54) is 17.3 Å². The molecular formula is C20H19ClF3N7O4S. The van der Waals surface area contributed by atoms with E-state index in [1.54, 1.807) is 43.3 Å². The van der Waals surface area contributed by atoms with Crippen LogP contribution in [-0.4, -0.2) is 54.5 Å². The van der Waals surface area contributed by atoms with Gasteiger partial charge in [0.15, 0.2) is 0 Å². The largest absolute Gasteiger partial charge is 0.492 e. The van der Waals surface area contributed by atoms with Crippen molar-refractivity contribution >= 4 is 50.9 Å². The lowest BCUT2D eigenvalue weighted by molar-refractivity contribution is -0.203. The van der Waals surface area contributed by atoms with E-state index in [2.05, 4.69) is 30.4 Å². The SMILES string of the molecule is CN(C)Cc1ccc(S(=O)(=O)NOC(=O)C(F)(F)F)cc1Nc1ncnc(Nc2ccc(Cl)cc2)n1. The molecule has 3 aromatic rings. The van der Waals surface area contributed by atoms with Gasteiger partial charge in [0.25, 0.3) is 10.0 Å². The van der Waals surface area contributed by atoms with Crippen LogP contribution >= 0.6 is 11.6 Å². The van der Waals surface area contributed by atoms with Crippen molar-refractivity contribution in [3.63, 3.8) is 0 Å². The molecule has 0 aliphatic rings. The average Bonchev–Trinajstić information content (AvgIpc) is 2.79. The third-order valence-corrected chi connectivity index (χ3v) is 5.70. The van der Waals surface area contributed by atoms with Gasteiger partial charge in [0.2, 0.25) is 11.9 Å². The number of aromatic nitrogens is 3. The first kappa shape index (κ1) is 27.1. The van der Waals surface area contributed by atoms with Crippen molar-refractivity contribution in [2.45, 2.75) is 17.6 Å². The maximum Gasteiger partial charge on any atom is 0.492 e. The van der Waals surface area contributed by atoms with Gasteiger partial charge in [-0.1, -0.05) is 17.7 Å². The number of benzene rings is 2. The van der Waals surface area contributed by atoms with Crippen molar-refractivity contribution in [1.82, 2.24) is 24.7 Å². The third-order valence-electron chi connectivity index (χ3n) is 4.27. The highest BCUT2D eigenvalue weighted by molar-refractivity contribution is 7.89. The van der Waals surface area contributed by atoms with Crippen molar-refractivity contribution in [1.29, 1.82) is 0 Å². The Kier molecular flexibility index (Phi) is 8.29. The Labute approximate surface area is 208 Å². The minimum Gasteiger partial charge on any atom is -0.348 e. The predicted octanol–water partition coefficient (Wildman–Crippen LogP) is 3.37. The summed E-state index contributed by atoms with van der Waals surface area (Å²) < 4.78 is 61.9. The van der Waals surface area contributed by atoms with Crippen molar-refractivity contribution in [3.8, 4) is 0 Å². The molecule has 0 fully saturated rings. The highest BCUT2D eigenvalue weighted by Gasteiger charge is 2.42. The Morgan fingerprint density at radius 3 is 2.31 bits per heavy atom. The van der Waals surface area contributed by atoms with Crippen LogP contribution < -0.4 is 15.5 Å². The molecule has 36 heavy (non-hydrogen) atoms. The van der Waals surface area contributed by atoms with Gasteiger partial charge in [-0.2, -0.15) is 18.2 Å². The van der Waals surface area contributed by atoms with Crippen LogP contribution in [0, 0.1) is 0 Å². The third kappa shape index (κ3) is 7.48. The number of carbonyl (C=O) groups is 1. The fourth-order valence-corrected chi connectivity index (χ4v) is 3.64. The molecule has 16 heteroatoms. The minimum atomic E-state index is -5.37. The number of sulfonamides is 1. The van der Waals surface area contributed by atoms with Crippen LogP contribution in [0.3, 0.4) is 0 Å². The molecule has 0 bridgehead atoms. The van der Waals surface area contributed by atoms with Crippen LogP contribution in [0.2, 0.25) is 5.02 Å². The van der Waals surface area contributed by atoms with Gasteiger partial charge in [0.1, 0.15) is 6.33 Å². The normalized spacial score (nSPS) is 11.9. The zero-order valence-electron chi connectivity index (χ0n) is 18.7. The summed E-state index contributed by atoms with van der Waals surface area (Å²) in [4.78, 5) is 29.3. The molecule has 0 aliphatic carbocycles. The maximum atomic E-state index is 12.4. The number of anilines is 4. The lowest BCUT2D eigenvalue weighted by Gasteiger charge is -2.17. The number of halogens is 4. The molecular weight excluding hydrogens is 527 g/mol. The van der Waals surface area contributed by atoms with Crippen molar-refractivity contribution in [2.24, 2.45) is 0 Å². The number of hydrogen-bond donors (Lipinski definition) is 3. The van der Waals surface area contributed by atoms with Gasteiger partial charge in [-0.15, -0.1) is 0 Å². The molecule has 3 N–H and O–H groups in total. The van der Waals surface area contributed by atoms with Crippen molar-refractivity contribution < 1.29 is 31.2 Å². The van der Waals surface area contributed by atoms with Gasteiger partial charge in [0, 0.05) is 22.9 Å². The van der Waals surface area contributed by atoms with Crippen LogP contribution in [-0.2, 0) is 26.2 Å². The molecule has 0 atom stereocenters. The van der Waals surface area contributed by atoms with E-state index < -0.39 is 27.1 Å². The summed E-state index contributed by atoms with van der Waals surface area (Å²) in [6.45, 7) is 0.361. The molecule has 1 aromatic heterocycles. The average molecular weight is 546 g/mol. The first-order valence-corrected chi connectivity index (χ1v) is 11.8. The second-order valence-corrected chi connectivity index (χ2v) is 9.50. The Morgan fingerprint density at radius 2 is 1.69 bits per heavy atom. The topological polar surface area (TPSA) is 138 Å². The summed E-state index contributed by atoms with van der Waals surface area (Å²) in [5.41, 5.74) is 1.49. The van der Waals surface area contributed by atoms with Crippen LogP contribution in [0.5, 0.6) is 0 Å². The molecule has 0 amide bonds. The van der Waals surface area contributed by atoms with Crippen LogP contribution in [0.15, 0.2) is 53.7 Å². The number of rotatable bonds is 9. The van der Waals surface area contributed by atoms with Gasteiger partial charge >= 0.3 is 12.1 Å². The Balaban J connectivity index is 1.86. The fourth-order valence-electron chi connectivity index (χ4n) is 2.72. The number of nitrogens with zero attached hydrogens (tertiary/aromatic N) is 4. The van der Waals surface area contributed by atoms with E-state index in [9.17, 15) is 26.4 Å². The Morgan fingerprint density at radius 1 is 1.06 bits per heavy atom. The molecule has 192 valence electrons. The molecule has 0 saturated carbocycles. The van der Waals surface area contributed by atoms with Gasteiger partial charge in [-0.3, -0.25) is 0 Å². The van der Waals surface area contributed by atoms with Gasteiger partial charge in [-0.05, 0) is 60.9 Å². The standard InChI is InChI=1S/C20H19ClF3N7O4S/c1-31(2)10-12-3-8-15(36(33,34)30-35-17(32)20(22,23)24)9-16(12)28-19-26-11-25-18(29-19)27-14-6-4-13(21)5-7-14/h3-9,11,30H,10H2,1-2H3,(H2,25,26,27,28,29). The molecule has 1 heterocycles. The molecule has 0 aliphatic heterocycles. The Hall–Kier alpha value is -3.53. The summed E-state index contributed by atoms with van der Waals surface area (Å²) in [5.74, 6) is -2.49. The molecule has 0 unspecified atom stereocenters. The summed E-state index contributed by atoms with van der Waals surface area (Å²) in [7, 11) is -1.09. The maximum absolute atomic E-state index is 12.4. The van der Waals surface area contributed by atoms with Crippen molar-refractivity contribution in [3.05, 3.63) is 59.4 Å². The Bertz CT molecular complexity index is 1340. The van der Waals surface area contributed by atoms with Crippen LogP contribution in [0.1, 0.15) is 5.56 Å². The van der Waals surface area contributed by atoms with E-state index >= 15 is 0 Å². The highest BCUT2D eigenvalue weighted by Crippen LogP contribution is 2.25. The minimum absolute atomic E-state index is 0.0486. The quantitative estimate of drug-likeness (QED) is 0.343. The van der Waals surface area contributed by atoms with E-state index in [-0.39, 0.29) is 17.6 Å². The molecule has 2 aromatic carbocycles. The second kappa shape index (κ2) is 11.0. The van der Waals surface area contributed by atoms with E-state index in [0.29, 0.717) is 22.8 Å². The number of carbonyl (C=O) groups excluding carboxylic acids is 1. The van der Waals surface area contributed by atoms with E-state index in [1.807, 2.05) is 0 Å². The monoisotopic (exact) mass is 545 g/mol. The van der Waals surface area contributed by atoms with Crippen molar-refractivity contribution in [2.75, 3.05) is 24.7 Å². The summed E-state index contributed by atoms with van der Waals surface area (Å²) in [6, 6.07) is 10.5. The predicted molar refractivity (Wildman–Crippen MR) is 124 cm³/mol. The number of hydrogen-bond acceptors (Lipinski definition) is 10. The fraction of sp³-hybridized carbons (Fsp3) is 0.200. The summed E-state index contributed by atoms with van der Waals surface area (Å²) in [5, 5.41) is 6.39. The van der Waals surface area contributed by atoms with Gasteiger partial charge < -0.3 is 20.4 Å². The summed E-state index contributed by atoms with van der Waals surface area (Å²) >= 11 is 5.88. The smallest absolute Gasteiger partial charge is 0.348 e. The van der Waals surface area contributed by atoms with Gasteiger partial charge in [0.05, 0.1) is 4.90 Å². The first-order valence-electron chi connectivity index (χ1n) is 9.89. The lowest BCUT2D eigenvalue weighted by Crippen LogP contribution is -2.34. The lowest BCUT2D eigenvalue weighted by atomic mass is 10.1. The number of nitrogens with one attached hydrogen (secondary N) is 3.